The molecule has 3 rings (SSSR count). The molecule has 1 saturated carbocycles. The number of hydrogen-bond donors (Lipinski definition) is 1. The van der Waals surface area contributed by atoms with Gasteiger partial charge in [-0.2, -0.15) is 5.10 Å². The molecule has 2 N–H and O–H groups in total. The van der Waals surface area contributed by atoms with Gasteiger partial charge in [-0.1, -0.05) is 12.8 Å². The van der Waals surface area contributed by atoms with Crippen molar-refractivity contribution in [2.45, 2.75) is 42.4 Å². The third-order valence-corrected chi connectivity index (χ3v) is 4.67. The molecular weight excluding hydrogens is 254 g/mol. The highest BCUT2D eigenvalue weighted by Gasteiger charge is 2.17. The molecule has 1 aliphatic carbocycles. The Morgan fingerprint density at radius 2 is 1.89 bits per heavy atom. The summed E-state index contributed by atoms with van der Waals surface area (Å²) in [5.41, 5.74) is 7.66. The van der Waals surface area contributed by atoms with E-state index in [1.807, 2.05) is 12.1 Å². The molecule has 0 spiro atoms. The Bertz CT molecular complexity index is 527. The summed E-state index contributed by atoms with van der Waals surface area (Å²) in [5.74, 6) is 0.920. The van der Waals surface area contributed by atoms with Gasteiger partial charge in [0.2, 0.25) is 0 Å². The van der Waals surface area contributed by atoms with Gasteiger partial charge in [-0.05, 0) is 43.2 Å². The Balaban J connectivity index is 1.59. The summed E-state index contributed by atoms with van der Waals surface area (Å²) in [4.78, 5) is 1.24. The van der Waals surface area contributed by atoms with E-state index in [1.165, 1.54) is 30.6 Å². The highest BCUT2D eigenvalue weighted by molar-refractivity contribution is 7.98. The zero-order valence-electron chi connectivity index (χ0n) is 11.0. The smallest absolute Gasteiger partial charge is 0.0727 e. The number of aromatic nitrogens is 2. The van der Waals surface area contributed by atoms with Crippen molar-refractivity contribution in [1.82, 2.24) is 9.78 Å². The number of hydrogen-bond acceptors (Lipinski definition) is 3. The van der Waals surface area contributed by atoms with E-state index in [0.29, 0.717) is 6.04 Å². The molecule has 4 heteroatoms. The molecule has 1 aromatic carbocycles. The zero-order chi connectivity index (χ0) is 13.1. The van der Waals surface area contributed by atoms with Gasteiger partial charge in [-0.3, -0.25) is 4.68 Å². The van der Waals surface area contributed by atoms with Crippen molar-refractivity contribution in [1.29, 1.82) is 0 Å². The molecule has 0 bridgehead atoms. The number of nitrogens with two attached hydrogens (primary N) is 1. The fourth-order valence-electron chi connectivity index (χ4n) is 2.55. The number of benzene rings is 1. The quantitative estimate of drug-likeness (QED) is 0.679. The van der Waals surface area contributed by atoms with E-state index < -0.39 is 0 Å². The van der Waals surface area contributed by atoms with E-state index in [4.69, 9.17) is 10.8 Å². The Labute approximate surface area is 118 Å². The van der Waals surface area contributed by atoms with Crippen molar-refractivity contribution in [3.05, 3.63) is 42.2 Å². The van der Waals surface area contributed by atoms with Crippen LogP contribution in [0.2, 0.25) is 0 Å². The van der Waals surface area contributed by atoms with Gasteiger partial charge in [-0.15, -0.1) is 11.8 Å². The van der Waals surface area contributed by atoms with Crippen molar-refractivity contribution < 1.29 is 0 Å². The number of nitrogen functional groups attached to an aromatic ring is 1. The van der Waals surface area contributed by atoms with Crippen LogP contribution in [0.5, 0.6) is 0 Å². The molecule has 0 amide bonds. The maximum Gasteiger partial charge on any atom is 0.0727 e. The molecule has 1 heterocycles. The SMILES string of the molecule is Nc1ccc(SCc2ccn(C3CCCC3)n2)cc1. The van der Waals surface area contributed by atoms with E-state index in [1.54, 1.807) is 11.8 Å². The maximum atomic E-state index is 5.68. The number of anilines is 1. The zero-order valence-corrected chi connectivity index (χ0v) is 11.8. The molecular formula is C15H19N3S. The van der Waals surface area contributed by atoms with E-state index in [0.717, 1.165) is 17.1 Å². The Morgan fingerprint density at radius 3 is 2.63 bits per heavy atom. The van der Waals surface area contributed by atoms with Gasteiger partial charge in [0.15, 0.2) is 0 Å². The lowest BCUT2D eigenvalue weighted by atomic mass is 10.3. The summed E-state index contributed by atoms with van der Waals surface area (Å²) in [7, 11) is 0. The molecule has 0 aliphatic heterocycles. The molecule has 1 aliphatic rings. The van der Waals surface area contributed by atoms with Gasteiger partial charge in [0.25, 0.3) is 0 Å². The van der Waals surface area contributed by atoms with Crippen LogP contribution in [0, 0.1) is 0 Å². The highest BCUT2D eigenvalue weighted by Crippen LogP contribution is 2.29. The van der Waals surface area contributed by atoms with Crippen molar-refractivity contribution in [3.63, 3.8) is 0 Å². The molecule has 0 atom stereocenters. The Kier molecular flexibility index (Phi) is 3.78. The van der Waals surface area contributed by atoms with Crippen molar-refractivity contribution in [2.75, 3.05) is 5.73 Å². The van der Waals surface area contributed by atoms with Crippen LogP contribution in [-0.4, -0.2) is 9.78 Å². The van der Waals surface area contributed by atoms with Crippen LogP contribution in [0.4, 0.5) is 5.69 Å². The first-order valence-corrected chi connectivity index (χ1v) is 7.82. The van der Waals surface area contributed by atoms with Crippen LogP contribution >= 0.6 is 11.8 Å². The van der Waals surface area contributed by atoms with Gasteiger partial charge < -0.3 is 5.73 Å². The van der Waals surface area contributed by atoms with E-state index in [2.05, 4.69) is 29.1 Å². The molecule has 1 fully saturated rings. The van der Waals surface area contributed by atoms with Crippen LogP contribution < -0.4 is 5.73 Å². The van der Waals surface area contributed by atoms with E-state index in [9.17, 15) is 0 Å². The Morgan fingerprint density at radius 1 is 1.16 bits per heavy atom. The summed E-state index contributed by atoms with van der Waals surface area (Å²) < 4.78 is 2.16. The van der Waals surface area contributed by atoms with Crippen molar-refractivity contribution in [2.24, 2.45) is 0 Å². The monoisotopic (exact) mass is 273 g/mol. The van der Waals surface area contributed by atoms with E-state index in [-0.39, 0.29) is 0 Å². The minimum atomic E-state index is 0.635. The van der Waals surface area contributed by atoms with Gasteiger partial charge in [0.1, 0.15) is 0 Å². The molecule has 0 radical (unpaired) electrons. The van der Waals surface area contributed by atoms with Gasteiger partial charge in [0, 0.05) is 22.5 Å². The van der Waals surface area contributed by atoms with E-state index >= 15 is 0 Å². The third kappa shape index (κ3) is 3.13. The lowest BCUT2D eigenvalue weighted by Gasteiger charge is -2.08. The summed E-state index contributed by atoms with van der Waals surface area (Å²) >= 11 is 1.81. The van der Waals surface area contributed by atoms with Crippen LogP contribution in [0.3, 0.4) is 0 Å². The number of nitrogens with zero attached hydrogens (tertiary/aromatic N) is 2. The fourth-order valence-corrected chi connectivity index (χ4v) is 3.34. The summed E-state index contributed by atoms with van der Waals surface area (Å²) in [6.07, 6.45) is 7.40. The lowest BCUT2D eigenvalue weighted by molar-refractivity contribution is 0.464. The van der Waals surface area contributed by atoms with Crippen LogP contribution in [0.1, 0.15) is 37.4 Å². The molecule has 1 aromatic heterocycles. The number of rotatable bonds is 4. The second-order valence-corrected chi connectivity index (χ2v) is 6.13. The van der Waals surface area contributed by atoms with Crippen LogP contribution in [0.25, 0.3) is 0 Å². The molecule has 2 aromatic rings. The predicted octanol–water partition coefficient (Wildman–Crippen LogP) is 3.87. The highest BCUT2D eigenvalue weighted by atomic mass is 32.2. The normalized spacial score (nSPS) is 16.0. The van der Waals surface area contributed by atoms with Gasteiger partial charge in [0.05, 0.1) is 11.7 Å². The van der Waals surface area contributed by atoms with Crippen LogP contribution in [0.15, 0.2) is 41.4 Å². The first-order valence-electron chi connectivity index (χ1n) is 6.83. The lowest BCUT2D eigenvalue weighted by Crippen LogP contribution is -2.05. The predicted molar refractivity (Wildman–Crippen MR) is 80.1 cm³/mol. The van der Waals surface area contributed by atoms with Crippen molar-refractivity contribution in [3.8, 4) is 0 Å². The average Bonchev–Trinajstić information content (AvgIpc) is 3.09. The minimum absolute atomic E-state index is 0.635. The number of thioether (sulfide) groups is 1. The van der Waals surface area contributed by atoms with Crippen LogP contribution in [-0.2, 0) is 5.75 Å². The van der Waals surface area contributed by atoms with Gasteiger partial charge in [-0.25, -0.2) is 0 Å². The second kappa shape index (κ2) is 5.70. The fraction of sp³-hybridized carbons (Fsp3) is 0.400. The molecule has 0 saturated heterocycles. The third-order valence-electron chi connectivity index (χ3n) is 3.63. The summed E-state index contributed by atoms with van der Waals surface area (Å²) in [6, 6.07) is 10.8. The molecule has 100 valence electrons. The average molecular weight is 273 g/mol. The Hall–Kier alpha value is -1.42. The molecule has 3 nitrogen and oxygen atoms in total. The molecule has 19 heavy (non-hydrogen) atoms. The first-order chi connectivity index (χ1) is 9.31. The topological polar surface area (TPSA) is 43.8 Å². The second-order valence-electron chi connectivity index (χ2n) is 5.08. The first kappa shape index (κ1) is 12.6. The maximum absolute atomic E-state index is 5.68. The van der Waals surface area contributed by atoms with Gasteiger partial charge >= 0.3 is 0 Å². The molecule has 0 unspecified atom stereocenters. The largest absolute Gasteiger partial charge is 0.399 e. The summed E-state index contributed by atoms with van der Waals surface area (Å²) in [6.45, 7) is 0. The minimum Gasteiger partial charge on any atom is -0.399 e. The summed E-state index contributed by atoms with van der Waals surface area (Å²) in [5, 5.41) is 4.70. The van der Waals surface area contributed by atoms with Crippen molar-refractivity contribution >= 4 is 17.4 Å². The standard InChI is InChI=1S/C15H19N3S/c16-12-5-7-15(8-6-12)19-11-13-9-10-18(17-13)14-3-1-2-4-14/h5-10,14H,1-4,11,16H2.